The lowest BCUT2D eigenvalue weighted by Crippen LogP contribution is -2.15. The van der Waals surface area contributed by atoms with Crippen LogP contribution in [0.25, 0.3) is 10.9 Å². The number of anilines is 2. The number of rotatable bonds is 4. The number of benzene rings is 2. The van der Waals surface area contributed by atoms with Gasteiger partial charge in [-0.05, 0) is 65.9 Å². The van der Waals surface area contributed by atoms with Gasteiger partial charge in [0.1, 0.15) is 5.82 Å². The van der Waals surface area contributed by atoms with Crippen LogP contribution in [0.2, 0.25) is 0 Å². The fourth-order valence-electron chi connectivity index (χ4n) is 3.84. The molecule has 0 spiro atoms. The van der Waals surface area contributed by atoms with E-state index in [2.05, 4.69) is 32.7 Å². The summed E-state index contributed by atoms with van der Waals surface area (Å²) < 4.78 is 0. The van der Waals surface area contributed by atoms with Crippen molar-refractivity contribution in [2.75, 3.05) is 17.2 Å². The topological polar surface area (TPSA) is 66.9 Å². The number of hydrogen-bond acceptors (Lipinski definition) is 4. The van der Waals surface area contributed by atoms with Crippen LogP contribution in [0.15, 0.2) is 73.1 Å². The first kappa shape index (κ1) is 17.4. The Balaban J connectivity index is 1.35. The number of nitrogens with one attached hydrogen (secondary N) is 2. The second kappa shape index (κ2) is 7.36. The molecule has 0 radical (unpaired) electrons. The van der Waals surface area contributed by atoms with Gasteiger partial charge in [0.05, 0.1) is 5.52 Å². The fraction of sp³-hybridized carbons (Fsp3) is 0.125. The maximum Gasteiger partial charge on any atom is 0.257 e. The average Bonchev–Trinajstić information content (AvgIpc) is 3.23. The van der Waals surface area contributed by atoms with Crippen LogP contribution in [0, 0.1) is 0 Å². The van der Waals surface area contributed by atoms with E-state index in [-0.39, 0.29) is 5.91 Å². The Labute approximate surface area is 168 Å². The molecule has 0 aliphatic carbocycles. The van der Waals surface area contributed by atoms with E-state index in [0.717, 1.165) is 52.7 Å². The molecule has 5 heteroatoms. The van der Waals surface area contributed by atoms with Gasteiger partial charge in [-0.25, -0.2) is 4.98 Å². The first-order valence-electron chi connectivity index (χ1n) is 9.72. The smallest absolute Gasteiger partial charge is 0.257 e. The van der Waals surface area contributed by atoms with Crippen molar-refractivity contribution in [3.05, 3.63) is 95.3 Å². The van der Waals surface area contributed by atoms with Gasteiger partial charge in [0.15, 0.2) is 0 Å². The number of carbonyl (C=O) groups excluding carboxylic acids is 1. The molecule has 1 aliphatic rings. The van der Waals surface area contributed by atoms with Gasteiger partial charge in [-0.2, -0.15) is 0 Å². The fourth-order valence-corrected chi connectivity index (χ4v) is 3.84. The number of carbonyl (C=O) groups is 1. The zero-order valence-corrected chi connectivity index (χ0v) is 15.9. The van der Waals surface area contributed by atoms with Crippen LogP contribution >= 0.6 is 0 Å². The first-order chi connectivity index (χ1) is 14.3. The largest absolute Gasteiger partial charge is 0.384 e. The zero-order valence-electron chi connectivity index (χ0n) is 15.9. The summed E-state index contributed by atoms with van der Waals surface area (Å²) in [5, 5.41) is 7.38. The van der Waals surface area contributed by atoms with Crippen molar-refractivity contribution < 1.29 is 4.79 Å². The number of fused-ring (bicyclic) bond motifs is 2. The molecule has 4 aromatic rings. The van der Waals surface area contributed by atoms with E-state index in [1.54, 1.807) is 6.20 Å². The molecule has 2 aromatic heterocycles. The summed E-state index contributed by atoms with van der Waals surface area (Å²) in [6.45, 7) is 0.868. The molecule has 0 fully saturated rings. The molecule has 1 amide bonds. The number of aromatic nitrogens is 2. The number of hydrogen-bond donors (Lipinski definition) is 2. The average molecular weight is 380 g/mol. The monoisotopic (exact) mass is 380 g/mol. The molecule has 0 unspecified atom stereocenters. The summed E-state index contributed by atoms with van der Waals surface area (Å²) in [7, 11) is 0. The molecule has 0 atom stereocenters. The van der Waals surface area contributed by atoms with E-state index in [1.807, 2.05) is 54.7 Å². The minimum absolute atomic E-state index is 0.123. The lowest BCUT2D eigenvalue weighted by atomic mass is 10.0. The third-order valence-electron chi connectivity index (χ3n) is 5.23. The van der Waals surface area contributed by atoms with E-state index >= 15 is 0 Å². The first-order valence-corrected chi connectivity index (χ1v) is 9.72. The van der Waals surface area contributed by atoms with Crippen molar-refractivity contribution in [2.45, 2.75) is 12.8 Å². The van der Waals surface area contributed by atoms with Crippen molar-refractivity contribution in [2.24, 2.45) is 0 Å². The van der Waals surface area contributed by atoms with Gasteiger partial charge < -0.3 is 10.6 Å². The van der Waals surface area contributed by atoms with Crippen molar-refractivity contribution >= 4 is 28.3 Å². The van der Waals surface area contributed by atoms with Crippen molar-refractivity contribution in [1.29, 1.82) is 0 Å². The summed E-state index contributed by atoms with van der Waals surface area (Å²) in [6, 6.07) is 19.9. The number of nitrogens with zero attached hydrogens (tertiary/aromatic N) is 2. The summed E-state index contributed by atoms with van der Waals surface area (Å²) in [4.78, 5) is 21.7. The SMILES string of the molecule is O=C(Nc1cc(Cc2cnc3ccccc3c2)ccn1)c1cccc2c1CCN2. The summed E-state index contributed by atoms with van der Waals surface area (Å²) >= 11 is 0. The van der Waals surface area contributed by atoms with E-state index in [1.165, 1.54) is 0 Å². The predicted octanol–water partition coefficient (Wildman–Crippen LogP) is 4.44. The van der Waals surface area contributed by atoms with Gasteiger partial charge in [0.2, 0.25) is 0 Å². The molecule has 5 nitrogen and oxygen atoms in total. The van der Waals surface area contributed by atoms with Crippen LogP contribution in [-0.4, -0.2) is 22.4 Å². The normalized spacial score (nSPS) is 12.4. The Morgan fingerprint density at radius 3 is 2.90 bits per heavy atom. The third-order valence-corrected chi connectivity index (χ3v) is 5.23. The van der Waals surface area contributed by atoms with Gasteiger partial charge >= 0.3 is 0 Å². The van der Waals surface area contributed by atoms with Crippen LogP contribution in [0.1, 0.15) is 27.0 Å². The molecule has 2 N–H and O–H groups in total. The number of para-hydroxylation sites is 1. The molecule has 0 bridgehead atoms. The minimum atomic E-state index is -0.123. The Morgan fingerprint density at radius 2 is 1.93 bits per heavy atom. The standard InChI is InChI=1S/C24H20N4O/c29-24(20-5-3-7-22-19(20)9-11-25-22)28-23-14-16(8-10-26-23)12-17-13-18-4-1-2-6-21(18)27-15-17/h1-8,10,13-15,25H,9,11-12H2,(H,26,28,29). The van der Waals surface area contributed by atoms with Gasteiger partial charge in [-0.1, -0.05) is 24.3 Å². The van der Waals surface area contributed by atoms with Gasteiger partial charge in [-0.15, -0.1) is 0 Å². The molecule has 5 rings (SSSR count). The second-order valence-corrected chi connectivity index (χ2v) is 7.22. The molecule has 142 valence electrons. The quantitative estimate of drug-likeness (QED) is 0.549. The molecular weight excluding hydrogens is 360 g/mol. The van der Waals surface area contributed by atoms with Crippen molar-refractivity contribution in [3.63, 3.8) is 0 Å². The number of pyridine rings is 2. The number of amides is 1. The van der Waals surface area contributed by atoms with Crippen LogP contribution in [0.3, 0.4) is 0 Å². The van der Waals surface area contributed by atoms with Crippen LogP contribution in [0.5, 0.6) is 0 Å². The minimum Gasteiger partial charge on any atom is -0.384 e. The lowest BCUT2D eigenvalue weighted by Gasteiger charge is -2.10. The van der Waals surface area contributed by atoms with E-state index in [0.29, 0.717) is 11.4 Å². The summed E-state index contributed by atoms with van der Waals surface area (Å²) in [5.74, 6) is 0.437. The molecular formula is C24H20N4O. The highest BCUT2D eigenvalue weighted by atomic mass is 16.1. The van der Waals surface area contributed by atoms with E-state index < -0.39 is 0 Å². The van der Waals surface area contributed by atoms with Gasteiger partial charge in [0, 0.05) is 35.6 Å². The Bertz CT molecular complexity index is 1220. The molecule has 3 heterocycles. The van der Waals surface area contributed by atoms with Crippen LogP contribution in [-0.2, 0) is 12.8 Å². The van der Waals surface area contributed by atoms with E-state index in [9.17, 15) is 4.79 Å². The molecule has 1 aliphatic heterocycles. The lowest BCUT2D eigenvalue weighted by molar-refractivity contribution is 0.102. The zero-order chi connectivity index (χ0) is 19.6. The third kappa shape index (κ3) is 3.55. The van der Waals surface area contributed by atoms with Crippen molar-refractivity contribution in [1.82, 2.24) is 9.97 Å². The Morgan fingerprint density at radius 1 is 1.00 bits per heavy atom. The van der Waals surface area contributed by atoms with Crippen molar-refractivity contribution in [3.8, 4) is 0 Å². The maximum absolute atomic E-state index is 12.8. The predicted molar refractivity (Wildman–Crippen MR) is 115 cm³/mol. The van der Waals surface area contributed by atoms with Gasteiger partial charge in [0.25, 0.3) is 5.91 Å². The van der Waals surface area contributed by atoms with Crippen LogP contribution in [0.4, 0.5) is 11.5 Å². The highest BCUT2D eigenvalue weighted by molar-refractivity contribution is 6.06. The molecule has 2 aromatic carbocycles. The maximum atomic E-state index is 12.8. The molecule has 0 saturated carbocycles. The molecule has 0 saturated heterocycles. The Hall–Kier alpha value is -3.73. The Kier molecular flexibility index (Phi) is 4.41. The molecule has 29 heavy (non-hydrogen) atoms. The summed E-state index contributed by atoms with van der Waals surface area (Å²) in [6.07, 6.45) is 5.23. The summed E-state index contributed by atoms with van der Waals surface area (Å²) in [5.41, 5.74) is 6.01. The second-order valence-electron chi connectivity index (χ2n) is 7.22. The van der Waals surface area contributed by atoms with Crippen LogP contribution < -0.4 is 10.6 Å². The highest BCUT2D eigenvalue weighted by Gasteiger charge is 2.18. The van der Waals surface area contributed by atoms with E-state index in [4.69, 9.17) is 0 Å². The highest BCUT2D eigenvalue weighted by Crippen LogP contribution is 2.26. The van der Waals surface area contributed by atoms with Gasteiger partial charge in [-0.3, -0.25) is 9.78 Å².